The lowest BCUT2D eigenvalue weighted by Gasteiger charge is -1.98. The molecule has 0 unspecified atom stereocenters. The van der Waals surface area contributed by atoms with Gasteiger partial charge >= 0.3 is 0 Å². The molecule has 0 atom stereocenters. The molecule has 3 N–H and O–H groups in total. The van der Waals surface area contributed by atoms with E-state index >= 15 is 0 Å². The van der Waals surface area contributed by atoms with Gasteiger partial charge in [-0.15, -0.1) is 0 Å². The maximum atomic E-state index is 13.0. The number of hydrogen-bond acceptors (Lipinski definition) is 2. The fourth-order valence-electron chi connectivity index (χ4n) is 1.33. The lowest BCUT2D eigenvalue weighted by Crippen LogP contribution is -1.97. The second-order valence-electron chi connectivity index (χ2n) is 3.18. The predicted molar refractivity (Wildman–Crippen MR) is 56.8 cm³/mol. The summed E-state index contributed by atoms with van der Waals surface area (Å²) in [5.74, 6) is -1.36. The minimum Gasteiger partial charge on any atom is -0.331 e. The molecule has 2 rings (SSSR count). The Morgan fingerprint density at radius 2 is 2.06 bits per heavy atom. The van der Waals surface area contributed by atoms with Gasteiger partial charge in [-0.2, -0.15) is 0 Å². The maximum Gasteiger partial charge on any atom is 0.159 e. The smallest absolute Gasteiger partial charge is 0.159 e. The van der Waals surface area contributed by atoms with Crippen molar-refractivity contribution in [2.75, 3.05) is 0 Å². The minimum absolute atomic E-state index is 0.198. The van der Waals surface area contributed by atoms with E-state index in [2.05, 4.69) is 9.97 Å². The summed E-state index contributed by atoms with van der Waals surface area (Å²) in [6.45, 7) is 0.198. The van der Waals surface area contributed by atoms with E-state index in [9.17, 15) is 8.78 Å². The number of nitrogens with one attached hydrogen (secondary N) is 1. The zero-order valence-corrected chi connectivity index (χ0v) is 8.85. The van der Waals surface area contributed by atoms with Crippen LogP contribution in [0.3, 0.4) is 0 Å². The molecule has 0 fully saturated rings. The number of benzene rings is 1. The first-order chi connectivity index (χ1) is 7.61. The predicted octanol–water partition coefficient (Wildman–Crippen LogP) is 2.47. The van der Waals surface area contributed by atoms with E-state index in [1.165, 1.54) is 6.07 Å². The number of halogens is 3. The van der Waals surface area contributed by atoms with Crippen molar-refractivity contribution in [1.29, 1.82) is 0 Å². The molecule has 2 aromatic rings. The number of hydrogen-bond donors (Lipinski definition) is 2. The average molecular weight is 244 g/mol. The SMILES string of the molecule is NCc1nc(-c2ccc(F)c(F)c2)c(Cl)[nH]1. The molecule has 0 bridgehead atoms. The molecule has 3 nitrogen and oxygen atoms in total. The van der Waals surface area contributed by atoms with Crippen LogP contribution in [0.5, 0.6) is 0 Å². The number of nitrogens with zero attached hydrogens (tertiary/aromatic N) is 1. The number of aromatic nitrogens is 2. The molecule has 6 heteroatoms. The molecule has 0 spiro atoms. The molecule has 0 saturated heterocycles. The molecule has 0 aliphatic rings. The normalized spacial score (nSPS) is 10.8. The van der Waals surface area contributed by atoms with E-state index in [1.807, 2.05) is 0 Å². The van der Waals surface area contributed by atoms with Crippen LogP contribution < -0.4 is 5.73 Å². The summed E-state index contributed by atoms with van der Waals surface area (Å²) >= 11 is 5.86. The van der Waals surface area contributed by atoms with Crippen molar-refractivity contribution in [3.63, 3.8) is 0 Å². The lowest BCUT2D eigenvalue weighted by molar-refractivity contribution is 0.509. The highest BCUT2D eigenvalue weighted by Crippen LogP contribution is 2.26. The van der Waals surface area contributed by atoms with Crippen molar-refractivity contribution < 1.29 is 8.78 Å². The van der Waals surface area contributed by atoms with Crippen molar-refractivity contribution in [2.45, 2.75) is 6.54 Å². The van der Waals surface area contributed by atoms with Crippen LogP contribution in [0.25, 0.3) is 11.3 Å². The van der Waals surface area contributed by atoms with Gasteiger partial charge in [0.15, 0.2) is 11.6 Å². The fourth-order valence-corrected chi connectivity index (χ4v) is 1.59. The van der Waals surface area contributed by atoms with Crippen molar-refractivity contribution in [1.82, 2.24) is 9.97 Å². The lowest BCUT2D eigenvalue weighted by atomic mass is 10.1. The quantitative estimate of drug-likeness (QED) is 0.851. The van der Waals surface area contributed by atoms with E-state index in [0.717, 1.165) is 12.1 Å². The van der Waals surface area contributed by atoms with Gasteiger partial charge in [-0.1, -0.05) is 11.6 Å². The van der Waals surface area contributed by atoms with Gasteiger partial charge in [0.25, 0.3) is 0 Å². The van der Waals surface area contributed by atoms with Crippen LogP contribution in [0, 0.1) is 11.6 Å². The summed E-state index contributed by atoms with van der Waals surface area (Å²) in [5, 5.41) is 0.256. The van der Waals surface area contributed by atoms with Gasteiger partial charge in [0.2, 0.25) is 0 Å². The molecule has 0 amide bonds. The third-order valence-electron chi connectivity index (χ3n) is 2.10. The largest absolute Gasteiger partial charge is 0.331 e. The average Bonchev–Trinajstić information content (AvgIpc) is 2.64. The Bertz CT molecular complexity index is 525. The first-order valence-electron chi connectivity index (χ1n) is 4.51. The Morgan fingerprint density at radius 1 is 1.31 bits per heavy atom. The molecule has 16 heavy (non-hydrogen) atoms. The number of H-pyrrole nitrogens is 1. The highest BCUT2D eigenvalue weighted by Gasteiger charge is 2.12. The van der Waals surface area contributed by atoms with Crippen LogP contribution in [0.15, 0.2) is 18.2 Å². The first kappa shape index (κ1) is 11.0. The third-order valence-corrected chi connectivity index (χ3v) is 2.37. The molecular formula is C10H8ClF2N3. The minimum atomic E-state index is -0.939. The van der Waals surface area contributed by atoms with E-state index in [-0.39, 0.29) is 11.7 Å². The second kappa shape index (κ2) is 4.19. The summed E-state index contributed by atoms with van der Waals surface area (Å²) in [6.07, 6.45) is 0. The Kier molecular flexibility index (Phi) is 2.89. The zero-order chi connectivity index (χ0) is 11.7. The van der Waals surface area contributed by atoms with Gasteiger partial charge in [0.1, 0.15) is 16.7 Å². The van der Waals surface area contributed by atoms with Gasteiger partial charge in [0.05, 0.1) is 6.54 Å². The molecule has 0 saturated carbocycles. The Balaban J connectivity index is 2.49. The first-order valence-corrected chi connectivity index (χ1v) is 4.89. The molecule has 0 radical (unpaired) electrons. The van der Waals surface area contributed by atoms with Gasteiger partial charge in [-0.05, 0) is 18.2 Å². The second-order valence-corrected chi connectivity index (χ2v) is 3.56. The number of nitrogens with two attached hydrogens (primary N) is 1. The molecule has 1 aromatic heterocycles. The molecule has 1 heterocycles. The Labute approximate surface area is 95.3 Å². The molecule has 84 valence electrons. The standard InChI is InChI=1S/C10H8ClF2N3/c11-10-9(15-8(4-14)16-10)5-1-2-6(12)7(13)3-5/h1-3H,4,14H2,(H,15,16). The van der Waals surface area contributed by atoms with Crippen LogP contribution in [0.4, 0.5) is 8.78 Å². The summed E-state index contributed by atoms with van der Waals surface area (Å²) in [6, 6.07) is 3.47. The molecule has 0 aliphatic heterocycles. The van der Waals surface area contributed by atoms with Crippen LogP contribution >= 0.6 is 11.6 Å². The topological polar surface area (TPSA) is 54.7 Å². The summed E-state index contributed by atoms with van der Waals surface area (Å²) < 4.78 is 25.7. The molecular weight excluding hydrogens is 236 g/mol. The summed E-state index contributed by atoms with van der Waals surface area (Å²) in [5.41, 5.74) is 6.14. The zero-order valence-electron chi connectivity index (χ0n) is 8.10. The monoisotopic (exact) mass is 243 g/mol. The number of imidazole rings is 1. The van der Waals surface area contributed by atoms with Gasteiger partial charge < -0.3 is 10.7 Å². The number of aromatic amines is 1. The number of rotatable bonds is 2. The van der Waals surface area contributed by atoms with Crippen molar-refractivity contribution in [3.05, 3.63) is 40.8 Å². The van der Waals surface area contributed by atoms with Crippen LogP contribution in [-0.2, 0) is 6.54 Å². The van der Waals surface area contributed by atoms with Gasteiger partial charge in [-0.3, -0.25) is 0 Å². The highest BCUT2D eigenvalue weighted by molar-refractivity contribution is 6.31. The van der Waals surface area contributed by atoms with Crippen LogP contribution in [0.1, 0.15) is 5.82 Å². The van der Waals surface area contributed by atoms with Crippen molar-refractivity contribution in [2.24, 2.45) is 5.73 Å². The third kappa shape index (κ3) is 1.91. The maximum absolute atomic E-state index is 13.0. The van der Waals surface area contributed by atoms with Gasteiger partial charge in [-0.25, -0.2) is 13.8 Å². The van der Waals surface area contributed by atoms with E-state index in [1.54, 1.807) is 0 Å². The summed E-state index contributed by atoms with van der Waals surface area (Å²) in [4.78, 5) is 6.81. The van der Waals surface area contributed by atoms with Gasteiger partial charge in [0, 0.05) is 5.56 Å². The van der Waals surface area contributed by atoms with Crippen LogP contribution in [-0.4, -0.2) is 9.97 Å². The van der Waals surface area contributed by atoms with Crippen LogP contribution in [0.2, 0.25) is 5.15 Å². The van der Waals surface area contributed by atoms with Crippen molar-refractivity contribution in [3.8, 4) is 11.3 Å². The Morgan fingerprint density at radius 3 is 2.62 bits per heavy atom. The van der Waals surface area contributed by atoms with E-state index in [0.29, 0.717) is 17.1 Å². The highest BCUT2D eigenvalue weighted by atomic mass is 35.5. The Hall–Kier alpha value is -1.46. The fraction of sp³-hybridized carbons (Fsp3) is 0.100. The van der Waals surface area contributed by atoms with E-state index < -0.39 is 11.6 Å². The molecule has 1 aromatic carbocycles. The van der Waals surface area contributed by atoms with E-state index in [4.69, 9.17) is 17.3 Å². The summed E-state index contributed by atoms with van der Waals surface area (Å²) in [7, 11) is 0. The van der Waals surface area contributed by atoms with Crippen molar-refractivity contribution >= 4 is 11.6 Å². The molecule has 0 aliphatic carbocycles.